The van der Waals surface area contributed by atoms with Crippen molar-refractivity contribution in [3.63, 3.8) is 0 Å². The number of anilines is 1. The van der Waals surface area contributed by atoms with Crippen LogP contribution < -0.4 is 5.32 Å². The van der Waals surface area contributed by atoms with E-state index in [0.29, 0.717) is 16.5 Å². The van der Waals surface area contributed by atoms with E-state index in [1.165, 1.54) is 24.3 Å². The van der Waals surface area contributed by atoms with Gasteiger partial charge in [0.15, 0.2) is 0 Å². The number of rotatable bonds is 4. The summed E-state index contributed by atoms with van der Waals surface area (Å²) in [6, 6.07) is 17.9. The number of benzene rings is 2. The molecule has 4 nitrogen and oxygen atoms in total. The molecule has 0 aliphatic carbocycles. The summed E-state index contributed by atoms with van der Waals surface area (Å²) >= 11 is 5.96. The molecule has 3 rings (SSSR count). The average Bonchev–Trinajstić information content (AvgIpc) is 3.10. The smallest absolute Gasteiger partial charge is 0.266 e. The largest absolute Gasteiger partial charge is 0.457 e. The Kier molecular flexibility index (Phi) is 5.16. The molecule has 0 saturated heterocycles. The summed E-state index contributed by atoms with van der Waals surface area (Å²) in [6.07, 6.45) is 1.30. The molecular formula is C20H12ClFN2O2. The Balaban J connectivity index is 1.82. The second kappa shape index (κ2) is 7.68. The van der Waals surface area contributed by atoms with Gasteiger partial charge in [0, 0.05) is 16.7 Å². The van der Waals surface area contributed by atoms with Crippen LogP contribution in [0, 0.1) is 17.1 Å². The van der Waals surface area contributed by atoms with Gasteiger partial charge in [-0.05, 0) is 36.4 Å². The predicted octanol–water partition coefficient (Wildman–Crippen LogP) is 5.28. The molecule has 1 amide bonds. The fourth-order valence-corrected chi connectivity index (χ4v) is 2.46. The van der Waals surface area contributed by atoms with Crippen LogP contribution in [-0.4, -0.2) is 5.91 Å². The van der Waals surface area contributed by atoms with Gasteiger partial charge in [0.1, 0.15) is 29.0 Å². The first-order valence-electron chi connectivity index (χ1n) is 7.60. The lowest BCUT2D eigenvalue weighted by molar-refractivity contribution is -0.112. The quantitative estimate of drug-likeness (QED) is 0.504. The third kappa shape index (κ3) is 4.00. The van der Waals surface area contributed by atoms with E-state index in [-0.39, 0.29) is 11.3 Å². The summed E-state index contributed by atoms with van der Waals surface area (Å²) in [6.45, 7) is 0. The van der Waals surface area contributed by atoms with Crippen molar-refractivity contribution < 1.29 is 13.6 Å². The molecule has 3 aromatic rings. The maximum absolute atomic E-state index is 13.6. The SMILES string of the molecule is N#C/C(=C\c1ccc(-c2cccc(Cl)c2)o1)C(=O)Nc1ccccc1F. The zero-order valence-corrected chi connectivity index (χ0v) is 14.1. The number of hydrogen-bond acceptors (Lipinski definition) is 3. The molecule has 6 heteroatoms. The lowest BCUT2D eigenvalue weighted by Gasteiger charge is -2.04. The van der Waals surface area contributed by atoms with Gasteiger partial charge >= 0.3 is 0 Å². The van der Waals surface area contributed by atoms with Crippen molar-refractivity contribution in [2.45, 2.75) is 0 Å². The standard InChI is InChI=1S/C20H12ClFN2O2/c21-15-5-3-4-13(10-15)19-9-8-16(26-19)11-14(12-23)20(25)24-18-7-2-1-6-17(18)22/h1-11H,(H,24,25)/b14-11+. The van der Waals surface area contributed by atoms with Crippen LogP contribution >= 0.6 is 11.6 Å². The topological polar surface area (TPSA) is 66.0 Å². The molecule has 1 aromatic heterocycles. The van der Waals surface area contributed by atoms with Gasteiger partial charge in [0.25, 0.3) is 5.91 Å². The highest BCUT2D eigenvalue weighted by atomic mass is 35.5. The minimum atomic E-state index is -0.724. The lowest BCUT2D eigenvalue weighted by Crippen LogP contribution is -2.14. The number of nitriles is 1. The summed E-state index contributed by atoms with van der Waals surface area (Å²) in [7, 11) is 0. The van der Waals surface area contributed by atoms with Crippen LogP contribution in [0.15, 0.2) is 70.7 Å². The van der Waals surface area contributed by atoms with E-state index in [4.69, 9.17) is 16.0 Å². The Labute approximate surface area is 154 Å². The van der Waals surface area contributed by atoms with Crippen LogP contribution in [0.4, 0.5) is 10.1 Å². The summed E-state index contributed by atoms with van der Waals surface area (Å²) in [4.78, 5) is 12.2. The van der Waals surface area contributed by atoms with Crippen molar-refractivity contribution in [2.75, 3.05) is 5.32 Å². The second-order valence-electron chi connectivity index (χ2n) is 5.32. The van der Waals surface area contributed by atoms with Crippen molar-refractivity contribution in [3.05, 3.63) is 82.8 Å². The highest BCUT2D eigenvalue weighted by molar-refractivity contribution is 6.30. The molecule has 0 saturated carbocycles. The lowest BCUT2D eigenvalue weighted by atomic mass is 10.2. The monoisotopic (exact) mass is 366 g/mol. The number of carbonyl (C=O) groups is 1. The van der Waals surface area contributed by atoms with E-state index in [9.17, 15) is 14.4 Å². The Bertz CT molecular complexity index is 1030. The Hall–Kier alpha value is -3.36. The number of amides is 1. The molecule has 1 N–H and O–H groups in total. The third-order valence-electron chi connectivity index (χ3n) is 3.51. The second-order valence-corrected chi connectivity index (χ2v) is 5.75. The molecule has 0 fully saturated rings. The fourth-order valence-electron chi connectivity index (χ4n) is 2.27. The van der Waals surface area contributed by atoms with Crippen molar-refractivity contribution in [3.8, 4) is 17.4 Å². The first kappa shape index (κ1) is 17.5. The van der Waals surface area contributed by atoms with E-state index in [1.54, 1.807) is 42.5 Å². The van der Waals surface area contributed by atoms with Crippen molar-refractivity contribution in [1.29, 1.82) is 5.26 Å². The summed E-state index contributed by atoms with van der Waals surface area (Å²) in [5.74, 6) is -0.441. The molecule has 26 heavy (non-hydrogen) atoms. The van der Waals surface area contributed by atoms with E-state index in [1.807, 2.05) is 6.07 Å². The van der Waals surface area contributed by atoms with E-state index in [2.05, 4.69) is 5.32 Å². The van der Waals surface area contributed by atoms with Crippen LogP contribution in [0.3, 0.4) is 0 Å². The Morgan fingerprint density at radius 3 is 2.69 bits per heavy atom. The van der Waals surface area contributed by atoms with Crippen LogP contribution in [0.2, 0.25) is 5.02 Å². The molecule has 0 spiro atoms. The normalized spacial score (nSPS) is 11.0. The number of carbonyl (C=O) groups excluding carboxylic acids is 1. The van der Waals surface area contributed by atoms with Gasteiger partial charge < -0.3 is 9.73 Å². The fraction of sp³-hybridized carbons (Fsp3) is 0. The van der Waals surface area contributed by atoms with Crippen LogP contribution in [0.5, 0.6) is 0 Å². The van der Waals surface area contributed by atoms with Gasteiger partial charge in [-0.25, -0.2) is 4.39 Å². The van der Waals surface area contributed by atoms with Crippen molar-refractivity contribution in [2.24, 2.45) is 0 Å². The van der Waals surface area contributed by atoms with Crippen LogP contribution in [0.1, 0.15) is 5.76 Å². The molecule has 0 bridgehead atoms. The van der Waals surface area contributed by atoms with Gasteiger partial charge in [0.05, 0.1) is 5.69 Å². The molecule has 2 aromatic carbocycles. The third-order valence-corrected chi connectivity index (χ3v) is 3.74. The minimum absolute atomic E-state index is 0.00212. The molecular weight excluding hydrogens is 355 g/mol. The Morgan fingerprint density at radius 1 is 1.15 bits per heavy atom. The molecule has 1 heterocycles. The number of hydrogen-bond donors (Lipinski definition) is 1. The molecule has 0 atom stereocenters. The van der Waals surface area contributed by atoms with E-state index >= 15 is 0 Å². The molecule has 0 unspecified atom stereocenters. The Morgan fingerprint density at radius 2 is 1.96 bits per heavy atom. The summed E-state index contributed by atoms with van der Waals surface area (Å²) < 4.78 is 19.3. The maximum Gasteiger partial charge on any atom is 0.266 e. The van der Waals surface area contributed by atoms with Gasteiger partial charge in [-0.3, -0.25) is 4.79 Å². The number of nitrogens with zero attached hydrogens (tertiary/aromatic N) is 1. The zero-order valence-electron chi connectivity index (χ0n) is 13.4. The van der Waals surface area contributed by atoms with Gasteiger partial charge in [-0.1, -0.05) is 35.9 Å². The molecule has 0 aliphatic heterocycles. The van der Waals surface area contributed by atoms with Crippen molar-refractivity contribution >= 4 is 29.3 Å². The van der Waals surface area contributed by atoms with E-state index in [0.717, 1.165) is 5.56 Å². The highest BCUT2D eigenvalue weighted by Gasteiger charge is 2.13. The molecule has 128 valence electrons. The minimum Gasteiger partial charge on any atom is -0.457 e. The molecule has 0 aliphatic rings. The predicted molar refractivity (Wildman–Crippen MR) is 97.8 cm³/mol. The number of halogens is 2. The number of para-hydroxylation sites is 1. The van der Waals surface area contributed by atoms with Gasteiger partial charge in [0.2, 0.25) is 0 Å². The highest BCUT2D eigenvalue weighted by Crippen LogP contribution is 2.26. The number of furan rings is 1. The maximum atomic E-state index is 13.6. The summed E-state index contributed by atoms with van der Waals surface area (Å²) in [5, 5.41) is 12.2. The van der Waals surface area contributed by atoms with E-state index < -0.39 is 11.7 Å². The average molecular weight is 367 g/mol. The van der Waals surface area contributed by atoms with Gasteiger partial charge in [-0.15, -0.1) is 0 Å². The summed E-state index contributed by atoms with van der Waals surface area (Å²) in [5.41, 5.74) is 0.560. The first-order valence-corrected chi connectivity index (χ1v) is 7.98. The van der Waals surface area contributed by atoms with Crippen LogP contribution in [0.25, 0.3) is 17.4 Å². The zero-order chi connectivity index (χ0) is 18.5. The first-order chi connectivity index (χ1) is 12.6. The van der Waals surface area contributed by atoms with Crippen molar-refractivity contribution in [1.82, 2.24) is 0 Å². The van der Waals surface area contributed by atoms with Gasteiger partial charge in [-0.2, -0.15) is 5.26 Å². The van der Waals surface area contributed by atoms with Crippen LogP contribution in [-0.2, 0) is 4.79 Å². The molecule has 0 radical (unpaired) electrons. The number of nitrogens with one attached hydrogen (secondary N) is 1.